The van der Waals surface area contributed by atoms with Gasteiger partial charge in [0, 0.05) is 17.3 Å². The number of rotatable bonds is 11. The smallest absolute Gasteiger partial charge is 0.323 e. The van der Waals surface area contributed by atoms with Gasteiger partial charge in [-0.15, -0.1) is 0 Å². The molecule has 2 heterocycles. The quantitative estimate of drug-likeness (QED) is 0.130. The molecule has 10 heteroatoms. The minimum Gasteiger partial charge on any atom is -0.323 e. The van der Waals surface area contributed by atoms with Crippen molar-refractivity contribution in [1.82, 2.24) is 14.5 Å². The van der Waals surface area contributed by atoms with Crippen LogP contribution >= 0.6 is 18.9 Å². The molecule has 0 aliphatic rings. The van der Waals surface area contributed by atoms with Crippen molar-refractivity contribution in [1.29, 1.82) is 0 Å². The number of fused-ring (bicyclic) bond motifs is 1. The third-order valence-electron chi connectivity index (χ3n) is 5.98. The van der Waals surface area contributed by atoms with E-state index in [-0.39, 0.29) is 12.1 Å². The first-order valence-electron chi connectivity index (χ1n) is 12.9. The molecule has 2 aromatic heterocycles. The van der Waals surface area contributed by atoms with Crippen LogP contribution in [0.4, 0.5) is 5.69 Å². The molecule has 0 aliphatic carbocycles. The maximum absolute atomic E-state index is 12.8. The van der Waals surface area contributed by atoms with E-state index in [4.69, 9.17) is 14.0 Å². The van der Waals surface area contributed by atoms with Gasteiger partial charge in [0.05, 0.1) is 41.0 Å². The SMILES string of the molecule is CCOP(=O)(Cc1ccc(NC(=O)C=Cc2sc(-n3cnc4ccccc43)nc2-c2ccccc2)cc1)OCC. The number of aromatic nitrogens is 3. The van der Waals surface area contributed by atoms with Crippen molar-refractivity contribution in [3.63, 3.8) is 0 Å². The van der Waals surface area contributed by atoms with E-state index < -0.39 is 7.60 Å². The Morgan fingerprint density at radius 3 is 2.40 bits per heavy atom. The van der Waals surface area contributed by atoms with Gasteiger partial charge in [0.1, 0.15) is 6.33 Å². The Bertz CT molecular complexity index is 1670. The van der Waals surface area contributed by atoms with E-state index in [1.807, 2.05) is 71.3 Å². The highest BCUT2D eigenvalue weighted by Gasteiger charge is 2.24. The highest BCUT2D eigenvalue weighted by atomic mass is 32.1. The molecule has 0 saturated heterocycles. The number of para-hydroxylation sites is 2. The molecule has 8 nitrogen and oxygen atoms in total. The van der Waals surface area contributed by atoms with Gasteiger partial charge >= 0.3 is 7.60 Å². The summed E-state index contributed by atoms with van der Waals surface area (Å²) in [6, 6.07) is 24.9. The third-order valence-corrected chi connectivity index (χ3v) is 9.06. The van der Waals surface area contributed by atoms with Gasteiger partial charge < -0.3 is 14.4 Å². The lowest BCUT2D eigenvalue weighted by molar-refractivity contribution is -0.111. The predicted octanol–water partition coefficient (Wildman–Crippen LogP) is 7.57. The molecule has 40 heavy (non-hydrogen) atoms. The van der Waals surface area contributed by atoms with Gasteiger partial charge in [-0.2, -0.15) is 0 Å². The van der Waals surface area contributed by atoms with E-state index in [2.05, 4.69) is 10.3 Å². The summed E-state index contributed by atoms with van der Waals surface area (Å²) < 4.78 is 25.5. The van der Waals surface area contributed by atoms with Gasteiger partial charge in [-0.3, -0.25) is 13.9 Å². The van der Waals surface area contributed by atoms with Crippen LogP contribution in [0.15, 0.2) is 91.3 Å². The van der Waals surface area contributed by atoms with Crippen LogP contribution in [0, 0.1) is 0 Å². The van der Waals surface area contributed by atoms with Crippen molar-refractivity contribution in [3.8, 4) is 16.4 Å². The summed E-state index contributed by atoms with van der Waals surface area (Å²) in [6.45, 7) is 4.19. The molecular weight excluding hydrogens is 543 g/mol. The van der Waals surface area contributed by atoms with Gasteiger partial charge in [0.15, 0.2) is 5.13 Å². The first-order valence-corrected chi connectivity index (χ1v) is 15.5. The summed E-state index contributed by atoms with van der Waals surface area (Å²) >= 11 is 1.49. The molecule has 3 aromatic carbocycles. The first-order chi connectivity index (χ1) is 19.5. The van der Waals surface area contributed by atoms with Gasteiger partial charge in [0.25, 0.3) is 0 Å². The molecule has 5 rings (SSSR count). The fraction of sp³-hybridized carbons (Fsp3) is 0.167. The average molecular weight is 573 g/mol. The number of hydrogen-bond acceptors (Lipinski definition) is 7. The van der Waals surface area contributed by atoms with Gasteiger partial charge in [-0.1, -0.05) is 65.9 Å². The van der Waals surface area contributed by atoms with Crippen LogP contribution < -0.4 is 5.32 Å². The molecule has 0 radical (unpaired) electrons. The molecule has 1 N–H and O–H groups in total. The lowest BCUT2D eigenvalue weighted by atomic mass is 10.1. The zero-order valence-electron chi connectivity index (χ0n) is 22.2. The minimum atomic E-state index is -3.20. The molecule has 0 unspecified atom stereocenters. The Hall–Kier alpha value is -3.88. The lowest BCUT2D eigenvalue weighted by Gasteiger charge is -2.17. The van der Waals surface area contributed by atoms with Crippen molar-refractivity contribution >= 4 is 47.6 Å². The highest BCUT2D eigenvalue weighted by Crippen LogP contribution is 2.51. The maximum atomic E-state index is 12.8. The Morgan fingerprint density at radius 2 is 1.68 bits per heavy atom. The van der Waals surface area contributed by atoms with Crippen molar-refractivity contribution < 1.29 is 18.4 Å². The summed E-state index contributed by atoms with van der Waals surface area (Å²) in [6.07, 6.45) is 5.23. The van der Waals surface area contributed by atoms with Crippen LogP contribution in [-0.4, -0.2) is 33.7 Å². The summed E-state index contributed by atoms with van der Waals surface area (Å²) in [7, 11) is -3.20. The van der Waals surface area contributed by atoms with Gasteiger partial charge in [-0.05, 0) is 49.8 Å². The number of imidazole rings is 1. The van der Waals surface area contributed by atoms with Crippen LogP contribution in [0.2, 0.25) is 0 Å². The Balaban J connectivity index is 1.34. The summed E-state index contributed by atoms with van der Waals surface area (Å²) in [5.41, 5.74) is 5.03. The van der Waals surface area contributed by atoms with Crippen LogP contribution in [-0.2, 0) is 24.6 Å². The fourth-order valence-corrected chi connectivity index (χ4v) is 6.90. The second-order valence-electron chi connectivity index (χ2n) is 8.80. The minimum absolute atomic E-state index is 0.172. The molecule has 0 spiro atoms. The molecule has 0 aliphatic heterocycles. The van der Waals surface area contributed by atoms with Gasteiger partial charge in [-0.25, -0.2) is 9.97 Å². The molecule has 1 amide bonds. The Labute approximate surface area is 236 Å². The number of benzene rings is 3. The van der Waals surface area contributed by atoms with Crippen LogP contribution in [0.25, 0.3) is 33.5 Å². The van der Waals surface area contributed by atoms with E-state index in [9.17, 15) is 9.36 Å². The summed E-state index contributed by atoms with van der Waals surface area (Å²) in [5, 5.41) is 3.65. The number of nitrogens with one attached hydrogen (secondary N) is 1. The molecular formula is C30H29N4O4PS. The zero-order valence-corrected chi connectivity index (χ0v) is 23.9. The topological polar surface area (TPSA) is 95.3 Å². The average Bonchev–Trinajstić information content (AvgIpc) is 3.58. The molecule has 0 atom stereocenters. The monoisotopic (exact) mass is 572 g/mol. The van der Waals surface area contributed by atoms with E-state index in [0.29, 0.717) is 18.9 Å². The standard InChI is InChI=1S/C30H29N4O4PS/c1-3-37-39(36,38-4-2)20-22-14-16-24(17-15-22)32-28(35)19-18-27-29(23-10-6-5-7-11-23)33-30(40-27)34-21-31-25-12-8-9-13-26(25)34/h5-19,21H,3-4,20H2,1-2H3,(H,32,35). The summed E-state index contributed by atoms with van der Waals surface area (Å²) in [5.74, 6) is -0.274. The Kier molecular flexibility index (Phi) is 8.67. The fourth-order valence-electron chi connectivity index (χ4n) is 4.23. The molecule has 204 valence electrons. The van der Waals surface area contributed by atoms with E-state index in [1.54, 1.807) is 38.4 Å². The molecule has 0 bridgehead atoms. The largest absolute Gasteiger partial charge is 0.335 e. The van der Waals surface area contributed by atoms with E-state index in [0.717, 1.165) is 37.9 Å². The number of anilines is 1. The molecule has 0 fully saturated rings. The molecule has 5 aromatic rings. The van der Waals surface area contributed by atoms with Crippen LogP contribution in [0.3, 0.4) is 0 Å². The normalized spacial score (nSPS) is 11.8. The van der Waals surface area contributed by atoms with Crippen molar-refractivity contribution in [2.24, 2.45) is 0 Å². The van der Waals surface area contributed by atoms with E-state index in [1.165, 1.54) is 17.4 Å². The molecule has 0 saturated carbocycles. The van der Waals surface area contributed by atoms with Crippen molar-refractivity contribution in [3.05, 3.63) is 102 Å². The summed E-state index contributed by atoms with van der Waals surface area (Å²) in [4.78, 5) is 23.1. The van der Waals surface area contributed by atoms with Crippen LogP contribution in [0.1, 0.15) is 24.3 Å². The van der Waals surface area contributed by atoms with Crippen LogP contribution in [0.5, 0.6) is 0 Å². The van der Waals surface area contributed by atoms with Crippen molar-refractivity contribution in [2.75, 3.05) is 18.5 Å². The second kappa shape index (κ2) is 12.5. The first kappa shape index (κ1) is 27.7. The van der Waals surface area contributed by atoms with E-state index >= 15 is 0 Å². The number of thiazole rings is 1. The van der Waals surface area contributed by atoms with Crippen molar-refractivity contribution in [2.45, 2.75) is 20.0 Å². The third kappa shape index (κ3) is 6.46. The number of nitrogens with zero attached hydrogens (tertiary/aromatic N) is 3. The van der Waals surface area contributed by atoms with Gasteiger partial charge in [0.2, 0.25) is 5.91 Å². The number of carbonyl (C=O) groups excluding carboxylic acids is 1. The zero-order chi connectivity index (χ0) is 28.0. The number of carbonyl (C=O) groups is 1. The number of hydrogen-bond donors (Lipinski definition) is 1. The highest BCUT2D eigenvalue weighted by molar-refractivity contribution is 7.53. The lowest BCUT2D eigenvalue weighted by Crippen LogP contribution is -2.07. The predicted molar refractivity (Wildman–Crippen MR) is 161 cm³/mol. The second-order valence-corrected chi connectivity index (χ2v) is 11.9. The maximum Gasteiger partial charge on any atom is 0.335 e. The Morgan fingerprint density at radius 1 is 0.975 bits per heavy atom. The number of amides is 1.